The van der Waals surface area contributed by atoms with Crippen molar-refractivity contribution in [3.63, 3.8) is 0 Å². The lowest BCUT2D eigenvalue weighted by molar-refractivity contribution is 0.126. The highest BCUT2D eigenvalue weighted by molar-refractivity contribution is 5.87. The fraction of sp³-hybridized carbons (Fsp3) is 0.500. The van der Waals surface area contributed by atoms with Gasteiger partial charge in [0.15, 0.2) is 0 Å². The third-order valence-electron chi connectivity index (χ3n) is 8.67. The molecule has 6 nitrogen and oxygen atoms in total. The number of hydrogen-bond acceptors (Lipinski definition) is 5. The van der Waals surface area contributed by atoms with Gasteiger partial charge in [0, 0.05) is 19.2 Å². The van der Waals surface area contributed by atoms with Gasteiger partial charge in [0.2, 0.25) is 0 Å². The molecule has 3 heterocycles. The van der Waals surface area contributed by atoms with Gasteiger partial charge in [-0.05, 0) is 93.7 Å². The minimum absolute atomic E-state index is 0.0185. The molecule has 1 saturated carbocycles. The van der Waals surface area contributed by atoms with Gasteiger partial charge in [-0.15, -0.1) is 0 Å². The number of hydrogen-bond donors (Lipinski definition) is 2. The molecule has 1 saturated heterocycles. The molecule has 3 aromatic rings. The third-order valence-corrected chi connectivity index (χ3v) is 8.67. The summed E-state index contributed by atoms with van der Waals surface area (Å²) in [6.07, 6.45) is 5.81. The molecule has 2 aliphatic heterocycles. The van der Waals surface area contributed by atoms with Crippen LogP contribution in [-0.2, 0) is 5.41 Å². The molecular weight excluding hydrogens is 426 g/mol. The summed E-state index contributed by atoms with van der Waals surface area (Å²) in [5.41, 5.74) is 3.52. The van der Waals surface area contributed by atoms with Gasteiger partial charge >= 0.3 is 0 Å². The molecule has 2 N–H and O–H groups in total. The minimum atomic E-state index is -0.389. The molecule has 178 valence electrons. The monoisotopic (exact) mass is 459 g/mol. The van der Waals surface area contributed by atoms with Crippen LogP contribution in [0, 0.1) is 5.92 Å². The van der Waals surface area contributed by atoms with E-state index in [1.807, 2.05) is 6.07 Å². The zero-order valence-corrected chi connectivity index (χ0v) is 20.0. The second kappa shape index (κ2) is 7.92. The Morgan fingerprint density at radius 3 is 2.65 bits per heavy atom. The van der Waals surface area contributed by atoms with Crippen molar-refractivity contribution in [3.8, 4) is 11.4 Å². The van der Waals surface area contributed by atoms with Gasteiger partial charge < -0.3 is 10.2 Å². The lowest BCUT2D eigenvalue weighted by atomic mass is 9.84. The molecule has 0 amide bonds. The number of aliphatic hydroxyl groups excluding tert-OH is 1. The Morgan fingerprint density at radius 2 is 1.88 bits per heavy atom. The third kappa shape index (κ3) is 3.23. The summed E-state index contributed by atoms with van der Waals surface area (Å²) in [5.74, 6) is 1.69. The Kier molecular flexibility index (Phi) is 5.08. The largest absolute Gasteiger partial charge is 0.507 e. The van der Waals surface area contributed by atoms with E-state index >= 15 is 0 Å². The minimum Gasteiger partial charge on any atom is -0.507 e. The van der Waals surface area contributed by atoms with Gasteiger partial charge in [-0.25, -0.2) is 0 Å². The summed E-state index contributed by atoms with van der Waals surface area (Å²) in [4.78, 5) is 19.9. The average molecular weight is 460 g/mol. The number of aliphatic hydroxyl groups is 1. The highest BCUT2D eigenvalue weighted by Crippen LogP contribution is 2.45. The van der Waals surface area contributed by atoms with Crippen LogP contribution >= 0.6 is 0 Å². The fourth-order valence-corrected chi connectivity index (χ4v) is 6.63. The van der Waals surface area contributed by atoms with Crippen LogP contribution in [0.25, 0.3) is 16.6 Å². The maximum absolute atomic E-state index is 12.8. The van der Waals surface area contributed by atoms with Gasteiger partial charge in [0.05, 0.1) is 16.6 Å². The van der Waals surface area contributed by atoms with Gasteiger partial charge in [0.25, 0.3) is 5.56 Å². The number of fused-ring (bicyclic) bond motifs is 5. The summed E-state index contributed by atoms with van der Waals surface area (Å²) in [5, 5.41) is 20.1. The maximum Gasteiger partial charge on any atom is 0.284 e. The molecule has 1 unspecified atom stereocenters. The van der Waals surface area contributed by atoms with Crippen molar-refractivity contribution in [1.82, 2.24) is 14.5 Å². The number of benzene rings is 2. The van der Waals surface area contributed by atoms with E-state index < -0.39 is 0 Å². The molecule has 0 radical (unpaired) electrons. The van der Waals surface area contributed by atoms with Crippen molar-refractivity contribution < 1.29 is 10.2 Å². The molecule has 3 aliphatic rings. The number of phenolic OH excluding ortho intramolecular Hbond substituents is 1. The van der Waals surface area contributed by atoms with Crippen molar-refractivity contribution in [2.75, 3.05) is 19.7 Å². The van der Waals surface area contributed by atoms with Crippen LogP contribution in [0.15, 0.2) is 41.2 Å². The summed E-state index contributed by atoms with van der Waals surface area (Å²) in [7, 11) is 0. The number of phenols is 1. The Morgan fingerprint density at radius 1 is 1.09 bits per heavy atom. The van der Waals surface area contributed by atoms with E-state index in [0.717, 1.165) is 49.4 Å². The number of aromatic hydroxyl groups is 1. The van der Waals surface area contributed by atoms with Crippen LogP contribution in [0.4, 0.5) is 0 Å². The second-order valence-electron chi connectivity index (χ2n) is 11.0. The van der Waals surface area contributed by atoms with E-state index in [0.29, 0.717) is 30.0 Å². The summed E-state index contributed by atoms with van der Waals surface area (Å²) < 4.78 is 2.08. The summed E-state index contributed by atoms with van der Waals surface area (Å²) in [6.45, 7) is 6.77. The normalized spacial score (nSPS) is 26.0. The maximum atomic E-state index is 12.8. The lowest BCUT2D eigenvalue weighted by Crippen LogP contribution is -2.36. The molecule has 2 aromatic carbocycles. The average Bonchev–Trinajstić information content (AvgIpc) is 3.41. The number of rotatable bonds is 3. The van der Waals surface area contributed by atoms with Crippen LogP contribution in [0.1, 0.15) is 68.8 Å². The fourth-order valence-electron chi connectivity index (χ4n) is 6.63. The topological polar surface area (TPSA) is 78.6 Å². The molecule has 0 spiro atoms. The van der Waals surface area contributed by atoms with Crippen LogP contribution in [0.2, 0.25) is 0 Å². The van der Waals surface area contributed by atoms with E-state index in [2.05, 4.69) is 46.5 Å². The molecule has 1 aliphatic carbocycles. The SMILES string of the molecule is CC1(C)c2ccc(C3CCN(C4CCC(CO)CC4)C3)cc2-n2c1nc(=O)c1c(O)cccc12. The molecule has 0 bridgehead atoms. The first-order valence-electron chi connectivity index (χ1n) is 12.6. The zero-order valence-electron chi connectivity index (χ0n) is 20.0. The summed E-state index contributed by atoms with van der Waals surface area (Å²) >= 11 is 0. The van der Waals surface area contributed by atoms with E-state index in [9.17, 15) is 15.0 Å². The number of likely N-dealkylation sites (tertiary alicyclic amines) is 1. The lowest BCUT2D eigenvalue weighted by Gasteiger charge is -2.34. The van der Waals surface area contributed by atoms with Crippen LogP contribution in [-0.4, -0.2) is 50.4 Å². The van der Waals surface area contributed by atoms with Crippen molar-refractivity contribution in [2.45, 2.75) is 63.3 Å². The summed E-state index contributed by atoms with van der Waals surface area (Å²) in [6, 6.07) is 12.7. The second-order valence-corrected chi connectivity index (χ2v) is 11.0. The van der Waals surface area contributed by atoms with E-state index in [1.54, 1.807) is 12.1 Å². The molecular formula is C28H33N3O3. The Labute approximate surface area is 199 Å². The smallest absolute Gasteiger partial charge is 0.284 e. The van der Waals surface area contributed by atoms with Gasteiger partial charge in [-0.2, -0.15) is 4.98 Å². The molecule has 6 heteroatoms. The van der Waals surface area contributed by atoms with Gasteiger partial charge in [0.1, 0.15) is 17.0 Å². The molecule has 6 rings (SSSR count). The standard InChI is InChI=1S/C28H33N3O3/c1-28(2)21-11-8-18(19-12-13-30(15-19)20-9-6-17(16-32)7-10-20)14-23(21)31-22-4-3-5-24(33)25(22)26(34)29-27(28)31/h3-5,8,11,14,17,19-20,32-33H,6-7,9-10,12-13,15-16H2,1-2H3. The van der Waals surface area contributed by atoms with E-state index in [-0.39, 0.29) is 22.1 Å². The first kappa shape index (κ1) is 21.8. The van der Waals surface area contributed by atoms with E-state index in [4.69, 9.17) is 0 Å². The number of aromatic nitrogens is 2. The Balaban J connectivity index is 1.36. The van der Waals surface area contributed by atoms with Crippen LogP contribution < -0.4 is 5.56 Å². The Hall–Kier alpha value is -2.70. The first-order chi connectivity index (χ1) is 16.4. The molecule has 1 atom stereocenters. The molecule has 2 fully saturated rings. The van der Waals surface area contributed by atoms with Gasteiger partial charge in [-0.1, -0.05) is 18.2 Å². The van der Waals surface area contributed by atoms with E-state index in [1.165, 1.54) is 18.4 Å². The van der Waals surface area contributed by atoms with Crippen LogP contribution in [0.3, 0.4) is 0 Å². The highest BCUT2D eigenvalue weighted by atomic mass is 16.3. The molecule has 34 heavy (non-hydrogen) atoms. The van der Waals surface area contributed by atoms with Crippen LogP contribution in [0.5, 0.6) is 5.75 Å². The van der Waals surface area contributed by atoms with Crippen molar-refractivity contribution in [2.24, 2.45) is 5.92 Å². The van der Waals surface area contributed by atoms with Crippen molar-refractivity contribution in [1.29, 1.82) is 0 Å². The zero-order chi connectivity index (χ0) is 23.6. The number of nitrogens with zero attached hydrogens (tertiary/aromatic N) is 3. The predicted octanol–water partition coefficient (Wildman–Crippen LogP) is 4.07. The quantitative estimate of drug-likeness (QED) is 0.617. The van der Waals surface area contributed by atoms with Gasteiger partial charge in [-0.3, -0.25) is 14.3 Å². The predicted molar refractivity (Wildman–Crippen MR) is 133 cm³/mol. The van der Waals surface area contributed by atoms with Crippen molar-refractivity contribution in [3.05, 3.63) is 63.7 Å². The Bertz CT molecular complexity index is 1320. The molecule has 1 aromatic heterocycles. The van der Waals surface area contributed by atoms with Crippen molar-refractivity contribution >= 4 is 10.9 Å². The first-order valence-corrected chi connectivity index (χ1v) is 12.6. The highest BCUT2D eigenvalue weighted by Gasteiger charge is 2.39.